The van der Waals surface area contributed by atoms with Crippen LogP contribution in [0.1, 0.15) is 5.56 Å². The van der Waals surface area contributed by atoms with Crippen LogP contribution in [0.2, 0.25) is 0 Å². The summed E-state index contributed by atoms with van der Waals surface area (Å²) in [5.74, 6) is -0.390. The molecule has 0 spiro atoms. The van der Waals surface area contributed by atoms with Gasteiger partial charge in [0.15, 0.2) is 0 Å². The van der Waals surface area contributed by atoms with Crippen LogP contribution in [0.3, 0.4) is 0 Å². The van der Waals surface area contributed by atoms with E-state index in [4.69, 9.17) is 5.73 Å². The van der Waals surface area contributed by atoms with Crippen molar-refractivity contribution in [2.24, 2.45) is 5.73 Å². The van der Waals surface area contributed by atoms with Crippen LogP contribution in [0.4, 0.5) is 0 Å². The molecule has 18 heavy (non-hydrogen) atoms. The van der Waals surface area contributed by atoms with Crippen LogP contribution in [0, 0.1) is 0 Å². The summed E-state index contributed by atoms with van der Waals surface area (Å²) in [5, 5.41) is 2.93. The lowest BCUT2D eigenvalue weighted by Crippen LogP contribution is -2.33. The van der Waals surface area contributed by atoms with Gasteiger partial charge in [-0.25, -0.2) is 4.98 Å². The number of benzene rings is 1. The Bertz CT molecular complexity index is 508. The van der Waals surface area contributed by atoms with E-state index in [2.05, 4.69) is 9.72 Å². The fourth-order valence-corrected chi connectivity index (χ4v) is 2.28. The van der Waals surface area contributed by atoms with Gasteiger partial charge >= 0.3 is 5.97 Å². The maximum Gasteiger partial charge on any atom is 0.322 e. The van der Waals surface area contributed by atoms with Gasteiger partial charge < -0.3 is 10.5 Å². The molecular weight excluding hydrogens is 248 g/mol. The molecule has 0 aliphatic rings. The molecule has 0 saturated heterocycles. The third-order valence-electron chi connectivity index (χ3n) is 2.59. The molecule has 2 N–H and O–H groups in total. The van der Waals surface area contributed by atoms with Gasteiger partial charge in [-0.15, -0.1) is 11.3 Å². The SMILES string of the molecule is COC(=O)[C@@H](N)Cc1ccc(-c2nccs2)cc1. The zero-order valence-corrected chi connectivity index (χ0v) is 10.8. The molecule has 1 atom stereocenters. The molecule has 1 aromatic carbocycles. The Kier molecular flexibility index (Phi) is 4.07. The van der Waals surface area contributed by atoms with E-state index in [-0.39, 0.29) is 5.97 Å². The fourth-order valence-electron chi connectivity index (χ4n) is 1.64. The number of esters is 1. The molecule has 0 saturated carbocycles. The normalized spacial score (nSPS) is 12.1. The Hall–Kier alpha value is -1.72. The fraction of sp³-hybridized carbons (Fsp3) is 0.231. The standard InChI is InChI=1S/C13H14N2O2S/c1-17-13(16)11(14)8-9-2-4-10(5-3-9)12-15-6-7-18-12/h2-7,11H,8,14H2,1H3/t11-/m0/s1. The van der Waals surface area contributed by atoms with Crippen molar-refractivity contribution >= 4 is 17.3 Å². The first-order valence-corrected chi connectivity index (χ1v) is 6.41. The Morgan fingerprint density at radius 2 is 2.17 bits per heavy atom. The van der Waals surface area contributed by atoms with E-state index >= 15 is 0 Å². The second kappa shape index (κ2) is 5.75. The summed E-state index contributed by atoms with van der Waals surface area (Å²) >= 11 is 1.59. The number of ether oxygens (including phenoxy) is 1. The molecular formula is C13H14N2O2S. The average Bonchev–Trinajstić information content (AvgIpc) is 2.92. The van der Waals surface area contributed by atoms with Crippen LogP contribution in [0.5, 0.6) is 0 Å². The summed E-state index contributed by atoms with van der Waals surface area (Å²) in [6.45, 7) is 0. The number of nitrogens with two attached hydrogens (primary N) is 1. The maximum atomic E-state index is 11.2. The van der Waals surface area contributed by atoms with E-state index in [1.165, 1.54) is 7.11 Å². The number of thiazole rings is 1. The smallest absolute Gasteiger partial charge is 0.322 e. The predicted octanol–water partition coefficient (Wildman–Crippen LogP) is 1.85. The molecule has 0 unspecified atom stereocenters. The summed E-state index contributed by atoms with van der Waals surface area (Å²) in [6, 6.07) is 7.27. The molecule has 0 aliphatic carbocycles. The van der Waals surface area contributed by atoms with Gasteiger partial charge in [-0.3, -0.25) is 4.79 Å². The van der Waals surface area contributed by atoms with Gasteiger partial charge in [0, 0.05) is 17.1 Å². The van der Waals surface area contributed by atoms with Crippen LogP contribution >= 0.6 is 11.3 Å². The molecule has 0 bridgehead atoms. The van der Waals surface area contributed by atoms with E-state index in [0.717, 1.165) is 16.1 Å². The zero-order valence-electron chi connectivity index (χ0n) is 10.00. The van der Waals surface area contributed by atoms with Gasteiger partial charge in [0.2, 0.25) is 0 Å². The summed E-state index contributed by atoms with van der Waals surface area (Å²) in [4.78, 5) is 15.5. The van der Waals surface area contributed by atoms with Gasteiger partial charge in [0.05, 0.1) is 7.11 Å². The second-order valence-electron chi connectivity index (χ2n) is 3.87. The molecule has 2 aromatic rings. The highest BCUT2D eigenvalue weighted by Gasteiger charge is 2.14. The van der Waals surface area contributed by atoms with Crippen molar-refractivity contribution in [2.45, 2.75) is 12.5 Å². The Balaban J connectivity index is 2.06. The molecule has 0 radical (unpaired) electrons. The molecule has 0 aliphatic heterocycles. The van der Waals surface area contributed by atoms with Crippen molar-refractivity contribution in [3.05, 3.63) is 41.4 Å². The topological polar surface area (TPSA) is 65.2 Å². The number of carbonyl (C=O) groups is 1. The molecule has 94 valence electrons. The number of nitrogens with zero attached hydrogens (tertiary/aromatic N) is 1. The Morgan fingerprint density at radius 3 is 2.72 bits per heavy atom. The Labute approximate surface area is 109 Å². The third kappa shape index (κ3) is 2.94. The first-order valence-electron chi connectivity index (χ1n) is 5.53. The maximum absolute atomic E-state index is 11.2. The monoisotopic (exact) mass is 262 g/mol. The molecule has 0 fully saturated rings. The van der Waals surface area contributed by atoms with Crippen molar-refractivity contribution in [2.75, 3.05) is 7.11 Å². The first-order chi connectivity index (χ1) is 8.70. The van der Waals surface area contributed by atoms with E-state index in [1.54, 1.807) is 17.5 Å². The van der Waals surface area contributed by atoms with Crippen molar-refractivity contribution in [3.63, 3.8) is 0 Å². The van der Waals surface area contributed by atoms with Crippen molar-refractivity contribution in [1.29, 1.82) is 0 Å². The van der Waals surface area contributed by atoms with E-state index in [9.17, 15) is 4.79 Å². The van der Waals surface area contributed by atoms with Gasteiger partial charge in [-0.2, -0.15) is 0 Å². The van der Waals surface area contributed by atoms with Crippen molar-refractivity contribution < 1.29 is 9.53 Å². The molecule has 5 heteroatoms. The highest BCUT2D eigenvalue weighted by Crippen LogP contribution is 2.22. The molecule has 0 amide bonds. The lowest BCUT2D eigenvalue weighted by atomic mass is 10.0. The summed E-state index contributed by atoms with van der Waals surface area (Å²) < 4.78 is 4.59. The first kappa shape index (κ1) is 12.7. The van der Waals surface area contributed by atoms with Crippen LogP contribution in [-0.4, -0.2) is 24.1 Å². The number of rotatable bonds is 4. The molecule has 1 aromatic heterocycles. The number of aromatic nitrogens is 1. The second-order valence-corrected chi connectivity index (χ2v) is 4.76. The third-order valence-corrected chi connectivity index (χ3v) is 3.41. The zero-order chi connectivity index (χ0) is 13.0. The summed E-state index contributed by atoms with van der Waals surface area (Å²) in [7, 11) is 1.34. The largest absolute Gasteiger partial charge is 0.468 e. The summed E-state index contributed by atoms with van der Waals surface area (Å²) in [5.41, 5.74) is 7.78. The van der Waals surface area contributed by atoms with Crippen LogP contribution in [0.15, 0.2) is 35.8 Å². The van der Waals surface area contributed by atoms with Gasteiger partial charge in [-0.05, 0) is 12.0 Å². The minimum Gasteiger partial charge on any atom is -0.468 e. The van der Waals surface area contributed by atoms with Crippen LogP contribution in [0.25, 0.3) is 10.6 Å². The van der Waals surface area contributed by atoms with Crippen molar-refractivity contribution in [3.8, 4) is 10.6 Å². The number of hydrogen-bond donors (Lipinski definition) is 1. The lowest BCUT2D eigenvalue weighted by Gasteiger charge is -2.09. The highest BCUT2D eigenvalue weighted by molar-refractivity contribution is 7.13. The molecule has 2 rings (SSSR count). The van der Waals surface area contributed by atoms with Gasteiger partial charge in [0.25, 0.3) is 0 Å². The van der Waals surface area contributed by atoms with Crippen LogP contribution < -0.4 is 5.73 Å². The average molecular weight is 262 g/mol. The number of hydrogen-bond acceptors (Lipinski definition) is 5. The van der Waals surface area contributed by atoms with E-state index in [0.29, 0.717) is 6.42 Å². The number of carbonyl (C=O) groups excluding carboxylic acids is 1. The van der Waals surface area contributed by atoms with E-state index < -0.39 is 6.04 Å². The summed E-state index contributed by atoms with van der Waals surface area (Å²) in [6.07, 6.45) is 2.26. The van der Waals surface area contributed by atoms with Gasteiger partial charge in [-0.1, -0.05) is 24.3 Å². The molecule has 1 heterocycles. The van der Waals surface area contributed by atoms with Crippen molar-refractivity contribution in [1.82, 2.24) is 4.98 Å². The minimum absolute atomic E-state index is 0.390. The van der Waals surface area contributed by atoms with Gasteiger partial charge in [0.1, 0.15) is 11.0 Å². The lowest BCUT2D eigenvalue weighted by molar-refractivity contribution is -0.142. The minimum atomic E-state index is -0.610. The van der Waals surface area contributed by atoms with Crippen LogP contribution in [-0.2, 0) is 16.0 Å². The predicted molar refractivity (Wildman–Crippen MR) is 71.2 cm³/mol. The Morgan fingerprint density at radius 1 is 1.44 bits per heavy atom. The quantitative estimate of drug-likeness (QED) is 0.854. The molecule has 4 nitrogen and oxygen atoms in total. The number of methoxy groups -OCH3 is 1. The highest BCUT2D eigenvalue weighted by atomic mass is 32.1. The van der Waals surface area contributed by atoms with E-state index in [1.807, 2.05) is 29.6 Å².